The van der Waals surface area contributed by atoms with Crippen LogP contribution in [0.3, 0.4) is 0 Å². The minimum absolute atomic E-state index is 0.643. The summed E-state index contributed by atoms with van der Waals surface area (Å²) in [5, 5.41) is 0. The molecule has 3 heterocycles. The van der Waals surface area contributed by atoms with E-state index in [4.69, 9.17) is 9.15 Å². The molecule has 0 atom stereocenters. The van der Waals surface area contributed by atoms with Gasteiger partial charge in [0.1, 0.15) is 12.8 Å². The molecule has 0 amide bonds. The van der Waals surface area contributed by atoms with Gasteiger partial charge in [0.15, 0.2) is 18.2 Å². The van der Waals surface area contributed by atoms with E-state index < -0.39 is 0 Å². The molecule has 4 nitrogen and oxygen atoms in total. The van der Waals surface area contributed by atoms with Crippen LogP contribution >= 0.6 is 0 Å². The number of ether oxygens (including phenoxy) is 1. The molecule has 0 unspecified atom stereocenters. The summed E-state index contributed by atoms with van der Waals surface area (Å²) in [5.74, 6) is 2.42. The lowest BCUT2D eigenvalue weighted by atomic mass is 10.0. The molecule has 4 rings (SSSR count). The quantitative estimate of drug-likeness (QED) is 0.681. The lowest BCUT2D eigenvalue weighted by molar-refractivity contribution is -0.671. The largest absolute Gasteiger partial charge is 0.493 e. The van der Waals surface area contributed by atoms with Crippen LogP contribution in [0, 0.1) is 0 Å². The first kappa shape index (κ1) is 13.1. The number of hydrogen-bond donors (Lipinski definition) is 0. The second-order valence-corrected chi connectivity index (χ2v) is 5.56. The number of benzene rings is 1. The van der Waals surface area contributed by atoms with Crippen LogP contribution in [-0.4, -0.2) is 11.6 Å². The number of hydrogen-bond acceptors (Lipinski definition) is 3. The highest BCUT2D eigenvalue weighted by Crippen LogP contribution is 2.31. The number of pyridine rings is 1. The Hall–Kier alpha value is -2.62. The maximum atomic E-state index is 5.93. The van der Waals surface area contributed by atoms with Gasteiger partial charge in [0, 0.05) is 23.3 Å². The van der Waals surface area contributed by atoms with E-state index in [-0.39, 0.29) is 0 Å². The normalized spacial score (nSPS) is 13.5. The monoisotopic (exact) mass is 293 g/mol. The minimum atomic E-state index is 0.643. The van der Waals surface area contributed by atoms with Gasteiger partial charge in [0.05, 0.1) is 12.8 Å². The van der Waals surface area contributed by atoms with Gasteiger partial charge in [-0.05, 0) is 36.6 Å². The van der Waals surface area contributed by atoms with E-state index in [0.717, 1.165) is 42.1 Å². The zero-order chi connectivity index (χ0) is 14.9. The Morgan fingerprint density at radius 3 is 2.82 bits per heavy atom. The third-order valence-electron chi connectivity index (χ3n) is 3.92. The number of oxazole rings is 1. The fourth-order valence-electron chi connectivity index (χ4n) is 2.70. The Morgan fingerprint density at radius 2 is 1.95 bits per heavy atom. The summed E-state index contributed by atoms with van der Waals surface area (Å²) < 4.78 is 13.6. The van der Waals surface area contributed by atoms with Crippen LogP contribution in [0.25, 0.3) is 22.8 Å². The Labute approximate surface area is 129 Å². The lowest BCUT2D eigenvalue weighted by Gasteiger charge is -2.17. The summed E-state index contributed by atoms with van der Waals surface area (Å²) in [5.41, 5.74) is 3.27. The molecule has 110 valence electrons. The first-order chi connectivity index (χ1) is 10.8. The van der Waals surface area contributed by atoms with E-state index in [9.17, 15) is 0 Å². The van der Waals surface area contributed by atoms with Crippen molar-refractivity contribution >= 4 is 0 Å². The molecule has 3 aromatic rings. The van der Waals surface area contributed by atoms with E-state index in [1.165, 1.54) is 5.56 Å². The van der Waals surface area contributed by atoms with Gasteiger partial charge in [-0.2, -0.15) is 0 Å². The van der Waals surface area contributed by atoms with Gasteiger partial charge < -0.3 is 9.15 Å². The van der Waals surface area contributed by atoms with Crippen molar-refractivity contribution in [3.63, 3.8) is 0 Å². The first-order valence-corrected chi connectivity index (χ1v) is 7.47. The van der Waals surface area contributed by atoms with Crippen LogP contribution in [0.5, 0.6) is 5.75 Å². The molecule has 1 aromatic carbocycles. The predicted molar refractivity (Wildman–Crippen MR) is 82.4 cm³/mol. The molecular weight excluding hydrogens is 276 g/mol. The van der Waals surface area contributed by atoms with E-state index in [1.54, 1.807) is 6.20 Å². The summed E-state index contributed by atoms with van der Waals surface area (Å²) in [6, 6.07) is 10.2. The van der Waals surface area contributed by atoms with Gasteiger partial charge in [-0.1, -0.05) is 0 Å². The van der Waals surface area contributed by atoms with Crippen molar-refractivity contribution in [1.82, 2.24) is 4.98 Å². The van der Waals surface area contributed by atoms with E-state index in [2.05, 4.69) is 11.1 Å². The van der Waals surface area contributed by atoms with Gasteiger partial charge in [-0.3, -0.25) is 0 Å². The number of nitrogens with zero attached hydrogens (tertiary/aromatic N) is 2. The van der Waals surface area contributed by atoms with Crippen LogP contribution in [0.4, 0.5) is 0 Å². The fourth-order valence-corrected chi connectivity index (χ4v) is 2.70. The van der Waals surface area contributed by atoms with Crippen LogP contribution in [-0.2, 0) is 13.5 Å². The molecule has 1 aliphatic heterocycles. The highest BCUT2D eigenvalue weighted by Gasteiger charge is 2.14. The predicted octanol–water partition coefficient (Wildman–Crippen LogP) is 3.16. The lowest BCUT2D eigenvalue weighted by Crippen LogP contribution is -2.25. The maximum absolute atomic E-state index is 5.93. The van der Waals surface area contributed by atoms with Crippen molar-refractivity contribution in [2.45, 2.75) is 12.8 Å². The average molecular weight is 293 g/mol. The maximum Gasteiger partial charge on any atom is 0.227 e. The van der Waals surface area contributed by atoms with Crippen molar-refractivity contribution in [2.75, 3.05) is 6.61 Å². The SMILES string of the molecule is C[n+]1ccc(-c2ncc(-c3ccc4c(c3)CCCO4)o2)cc1. The summed E-state index contributed by atoms with van der Waals surface area (Å²) in [4.78, 5) is 4.40. The molecule has 0 spiro atoms. The average Bonchev–Trinajstić information content (AvgIpc) is 3.05. The van der Waals surface area contributed by atoms with Crippen LogP contribution < -0.4 is 9.30 Å². The molecule has 0 saturated carbocycles. The van der Waals surface area contributed by atoms with Gasteiger partial charge in [0.25, 0.3) is 0 Å². The van der Waals surface area contributed by atoms with Crippen molar-refractivity contribution in [2.24, 2.45) is 7.05 Å². The van der Waals surface area contributed by atoms with Crippen molar-refractivity contribution in [3.8, 4) is 28.5 Å². The second-order valence-electron chi connectivity index (χ2n) is 5.56. The Balaban J connectivity index is 1.68. The summed E-state index contributed by atoms with van der Waals surface area (Å²) >= 11 is 0. The van der Waals surface area contributed by atoms with Gasteiger partial charge in [-0.25, -0.2) is 9.55 Å². The fraction of sp³-hybridized carbons (Fsp3) is 0.222. The topological polar surface area (TPSA) is 39.1 Å². The number of fused-ring (bicyclic) bond motifs is 1. The molecule has 4 heteroatoms. The van der Waals surface area contributed by atoms with Crippen molar-refractivity contribution < 1.29 is 13.7 Å². The number of aryl methyl sites for hydroxylation is 2. The summed E-state index contributed by atoms with van der Waals surface area (Å²) in [7, 11) is 1.99. The van der Waals surface area contributed by atoms with E-state index in [1.807, 2.05) is 48.3 Å². The molecule has 22 heavy (non-hydrogen) atoms. The molecule has 0 radical (unpaired) electrons. The standard InChI is InChI=1S/C18H17N2O2/c1-20-8-6-13(7-9-20)18-19-12-17(22-18)15-4-5-16-14(11-15)3-2-10-21-16/h4-9,11-12H,2-3,10H2,1H3/q+1. The zero-order valence-corrected chi connectivity index (χ0v) is 12.5. The molecule has 2 aromatic heterocycles. The van der Waals surface area contributed by atoms with Gasteiger partial charge in [0.2, 0.25) is 5.89 Å². The molecule has 1 aliphatic rings. The van der Waals surface area contributed by atoms with Crippen LogP contribution in [0.2, 0.25) is 0 Å². The third kappa shape index (κ3) is 2.37. The smallest absolute Gasteiger partial charge is 0.227 e. The highest BCUT2D eigenvalue weighted by molar-refractivity contribution is 5.63. The van der Waals surface area contributed by atoms with Crippen molar-refractivity contribution in [3.05, 3.63) is 54.5 Å². The molecular formula is C18H17N2O2+. The molecule has 0 bridgehead atoms. The Morgan fingerprint density at radius 1 is 1.09 bits per heavy atom. The highest BCUT2D eigenvalue weighted by atomic mass is 16.5. The number of aromatic nitrogens is 2. The minimum Gasteiger partial charge on any atom is -0.493 e. The summed E-state index contributed by atoms with van der Waals surface area (Å²) in [6.07, 6.45) is 7.87. The van der Waals surface area contributed by atoms with Crippen LogP contribution in [0.1, 0.15) is 12.0 Å². The van der Waals surface area contributed by atoms with Gasteiger partial charge >= 0.3 is 0 Å². The zero-order valence-electron chi connectivity index (χ0n) is 12.5. The molecule has 0 saturated heterocycles. The molecule has 0 aliphatic carbocycles. The van der Waals surface area contributed by atoms with Gasteiger partial charge in [-0.15, -0.1) is 0 Å². The summed E-state index contributed by atoms with van der Waals surface area (Å²) in [6.45, 7) is 0.810. The third-order valence-corrected chi connectivity index (χ3v) is 3.92. The first-order valence-electron chi connectivity index (χ1n) is 7.47. The molecule has 0 N–H and O–H groups in total. The van der Waals surface area contributed by atoms with E-state index in [0.29, 0.717) is 5.89 Å². The van der Waals surface area contributed by atoms with Crippen LogP contribution in [0.15, 0.2) is 53.3 Å². The molecule has 0 fully saturated rings. The Bertz CT molecular complexity index is 806. The Kier molecular flexibility index (Phi) is 3.15. The van der Waals surface area contributed by atoms with E-state index >= 15 is 0 Å². The number of rotatable bonds is 2. The second kappa shape index (κ2) is 5.30. The van der Waals surface area contributed by atoms with Crippen molar-refractivity contribution in [1.29, 1.82) is 0 Å².